The summed E-state index contributed by atoms with van der Waals surface area (Å²) in [7, 11) is 1.26. The lowest BCUT2D eigenvalue weighted by molar-refractivity contribution is -0.265. The molecule has 1 aromatic heterocycles. The summed E-state index contributed by atoms with van der Waals surface area (Å²) in [6, 6.07) is 9.83. The molecule has 0 aliphatic carbocycles. The lowest BCUT2D eigenvalue weighted by Gasteiger charge is -2.34. The Labute approximate surface area is 270 Å². The molecule has 0 saturated carbocycles. The molecule has 5 N–H and O–H groups in total. The molecule has 0 fully saturated rings. The van der Waals surface area contributed by atoms with Gasteiger partial charge in [0, 0.05) is 22.7 Å². The standard InChI is InChI=1S/C30H33ClF4N4O5.C2H6/c1-16(2)39-28(3,4)19-12-22(17-6-8-21(32)20(31)10-17)38-25(13-19)29(42,30(33,34)35)15-37-27(41)18-7-9-23(24(11-18)43-5)44-14-26(36)40;1-2/h6-13,16,39,42H,14-15H2,1-5H3,(H2,36,40)(H,37,41);1-2H3. The Morgan fingerprint density at radius 1 is 1.04 bits per heavy atom. The number of alkyl halides is 3. The molecule has 2 amide bonds. The normalized spacial score (nSPS) is 12.9. The van der Waals surface area contributed by atoms with E-state index in [1.165, 1.54) is 43.5 Å². The molecule has 0 radical (unpaired) electrons. The zero-order chi connectivity index (χ0) is 35.0. The summed E-state index contributed by atoms with van der Waals surface area (Å²) < 4.78 is 68.2. The summed E-state index contributed by atoms with van der Waals surface area (Å²) in [5, 5.41) is 16.3. The number of rotatable bonds is 12. The van der Waals surface area contributed by atoms with Crippen molar-refractivity contribution in [1.82, 2.24) is 15.6 Å². The quantitative estimate of drug-likeness (QED) is 0.178. The largest absolute Gasteiger partial charge is 0.493 e. The maximum atomic E-state index is 14.7. The first-order chi connectivity index (χ1) is 21.4. The van der Waals surface area contributed by atoms with E-state index in [0.717, 1.165) is 12.1 Å². The molecule has 46 heavy (non-hydrogen) atoms. The third kappa shape index (κ3) is 9.30. The van der Waals surface area contributed by atoms with Crippen molar-refractivity contribution in [2.24, 2.45) is 5.73 Å². The van der Waals surface area contributed by atoms with Gasteiger partial charge < -0.3 is 30.9 Å². The summed E-state index contributed by atoms with van der Waals surface area (Å²) in [5.41, 5.74) is 0.112. The van der Waals surface area contributed by atoms with Crippen LogP contribution in [0.4, 0.5) is 17.6 Å². The van der Waals surface area contributed by atoms with E-state index < -0.39 is 53.8 Å². The lowest BCUT2D eigenvalue weighted by Crippen LogP contribution is -2.52. The average Bonchev–Trinajstić information content (AvgIpc) is 2.99. The lowest BCUT2D eigenvalue weighted by atomic mass is 9.88. The summed E-state index contributed by atoms with van der Waals surface area (Å²) in [6.07, 6.45) is -5.30. The minimum absolute atomic E-state index is 0.0108. The number of hydrogen-bond donors (Lipinski definition) is 4. The van der Waals surface area contributed by atoms with Crippen LogP contribution in [0.5, 0.6) is 11.5 Å². The van der Waals surface area contributed by atoms with E-state index in [0.29, 0.717) is 5.56 Å². The van der Waals surface area contributed by atoms with Gasteiger partial charge in [0.2, 0.25) is 5.60 Å². The van der Waals surface area contributed by atoms with Crippen molar-refractivity contribution in [1.29, 1.82) is 0 Å². The van der Waals surface area contributed by atoms with Crippen molar-refractivity contribution < 1.29 is 41.7 Å². The van der Waals surface area contributed by atoms with Crippen LogP contribution >= 0.6 is 11.6 Å². The van der Waals surface area contributed by atoms with Crippen molar-refractivity contribution in [3.05, 3.63) is 76.2 Å². The Hall–Kier alpha value is -3.94. The molecule has 0 aliphatic rings. The molecular formula is C32H39ClF4N4O5. The minimum Gasteiger partial charge on any atom is -0.493 e. The average molecular weight is 671 g/mol. The number of halogens is 5. The fourth-order valence-corrected chi connectivity index (χ4v) is 4.62. The van der Waals surface area contributed by atoms with Crippen LogP contribution in [0.15, 0.2) is 48.5 Å². The first-order valence-electron chi connectivity index (χ1n) is 14.3. The van der Waals surface area contributed by atoms with Crippen molar-refractivity contribution in [2.75, 3.05) is 20.3 Å². The molecule has 0 spiro atoms. The highest BCUT2D eigenvalue weighted by molar-refractivity contribution is 6.31. The van der Waals surface area contributed by atoms with Crippen LogP contribution in [0.2, 0.25) is 5.02 Å². The Kier molecular flexibility index (Phi) is 12.9. The van der Waals surface area contributed by atoms with E-state index in [2.05, 4.69) is 15.6 Å². The number of aromatic nitrogens is 1. The number of pyridine rings is 1. The molecule has 0 bridgehead atoms. The Morgan fingerprint density at radius 2 is 1.70 bits per heavy atom. The van der Waals surface area contributed by atoms with E-state index in [1.54, 1.807) is 13.8 Å². The van der Waals surface area contributed by atoms with Gasteiger partial charge in [-0.1, -0.05) is 39.3 Å². The van der Waals surface area contributed by atoms with Crippen molar-refractivity contribution in [3.8, 4) is 22.8 Å². The molecule has 0 aliphatic heterocycles. The van der Waals surface area contributed by atoms with Crippen LogP contribution in [0.3, 0.4) is 0 Å². The maximum absolute atomic E-state index is 14.7. The molecule has 1 atom stereocenters. The zero-order valence-corrected chi connectivity index (χ0v) is 27.4. The van der Waals surface area contributed by atoms with Crippen LogP contribution in [0.1, 0.15) is 63.2 Å². The van der Waals surface area contributed by atoms with Crippen LogP contribution in [-0.4, -0.2) is 54.4 Å². The molecule has 3 aromatic rings. The van der Waals surface area contributed by atoms with Gasteiger partial charge in [0.1, 0.15) is 5.82 Å². The van der Waals surface area contributed by atoms with E-state index >= 15 is 0 Å². The number of primary amides is 1. The first-order valence-corrected chi connectivity index (χ1v) is 14.7. The Morgan fingerprint density at radius 3 is 2.24 bits per heavy atom. The second kappa shape index (κ2) is 15.6. The summed E-state index contributed by atoms with van der Waals surface area (Å²) >= 11 is 5.94. The van der Waals surface area contributed by atoms with Crippen molar-refractivity contribution >= 4 is 23.4 Å². The Bertz CT molecular complexity index is 1530. The van der Waals surface area contributed by atoms with Crippen LogP contribution in [-0.2, 0) is 15.9 Å². The van der Waals surface area contributed by atoms with Gasteiger partial charge in [-0.3, -0.25) is 9.59 Å². The number of carbonyl (C=O) groups excluding carboxylic acids is 2. The van der Waals surface area contributed by atoms with E-state index in [4.69, 9.17) is 26.8 Å². The van der Waals surface area contributed by atoms with E-state index in [9.17, 15) is 32.3 Å². The van der Waals surface area contributed by atoms with Gasteiger partial charge in [-0.25, -0.2) is 9.37 Å². The third-order valence-corrected chi connectivity index (χ3v) is 6.89. The second-order valence-corrected chi connectivity index (χ2v) is 11.2. The van der Waals surface area contributed by atoms with E-state index in [-0.39, 0.29) is 39.4 Å². The van der Waals surface area contributed by atoms with Crippen LogP contribution in [0.25, 0.3) is 11.3 Å². The SMILES string of the molecule is CC.COc1cc(C(=O)NCC(O)(c2cc(C(C)(C)NC(C)C)cc(-c3ccc(F)c(Cl)c3)n2)C(F)(F)F)ccc1OCC(N)=O. The second-order valence-electron chi connectivity index (χ2n) is 10.8. The van der Waals surface area contributed by atoms with Gasteiger partial charge in [-0.15, -0.1) is 0 Å². The van der Waals surface area contributed by atoms with Crippen molar-refractivity contribution in [3.63, 3.8) is 0 Å². The van der Waals surface area contributed by atoms with Crippen LogP contribution < -0.4 is 25.8 Å². The molecule has 9 nitrogen and oxygen atoms in total. The molecule has 0 saturated heterocycles. The number of ether oxygens (including phenoxy) is 2. The minimum atomic E-state index is -5.30. The molecule has 1 unspecified atom stereocenters. The number of aliphatic hydroxyl groups is 1. The topological polar surface area (TPSA) is 136 Å². The smallest absolute Gasteiger partial charge is 0.424 e. The third-order valence-electron chi connectivity index (χ3n) is 6.61. The fraction of sp³-hybridized carbons (Fsp3) is 0.406. The first kappa shape index (κ1) is 38.2. The van der Waals surface area contributed by atoms with Crippen molar-refractivity contribution in [2.45, 2.75) is 64.9 Å². The number of amides is 2. The molecular weight excluding hydrogens is 632 g/mol. The number of nitrogens with two attached hydrogens (primary N) is 1. The van der Waals surface area contributed by atoms with Gasteiger partial charge in [0.15, 0.2) is 18.1 Å². The summed E-state index contributed by atoms with van der Waals surface area (Å²) in [6.45, 7) is 9.42. The summed E-state index contributed by atoms with van der Waals surface area (Å²) in [5.74, 6) is -2.38. The highest BCUT2D eigenvalue weighted by atomic mass is 35.5. The Balaban J connectivity index is 0.00000361. The van der Waals surface area contributed by atoms with Crippen LogP contribution in [0, 0.1) is 5.82 Å². The highest BCUT2D eigenvalue weighted by Crippen LogP contribution is 2.40. The monoisotopic (exact) mass is 670 g/mol. The number of nitrogens with zero attached hydrogens (tertiary/aromatic N) is 1. The summed E-state index contributed by atoms with van der Waals surface area (Å²) in [4.78, 5) is 28.1. The molecule has 1 heterocycles. The molecule has 2 aromatic carbocycles. The highest BCUT2D eigenvalue weighted by Gasteiger charge is 2.56. The van der Waals surface area contributed by atoms with Gasteiger partial charge in [-0.05, 0) is 67.9 Å². The fourth-order valence-electron chi connectivity index (χ4n) is 4.43. The van der Waals surface area contributed by atoms with Gasteiger partial charge in [0.25, 0.3) is 11.8 Å². The molecule has 3 rings (SSSR count). The predicted molar refractivity (Wildman–Crippen MR) is 167 cm³/mol. The number of carbonyl (C=O) groups is 2. The molecule has 14 heteroatoms. The zero-order valence-electron chi connectivity index (χ0n) is 26.6. The number of nitrogens with one attached hydrogen (secondary N) is 2. The number of benzene rings is 2. The molecule has 252 valence electrons. The maximum Gasteiger partial charge on any atom is 0.424 e. The number of methoxy groups -OCH3 is 1. The number of hydrogen-bond acceptors (Lipinski definition) is 7. The van der Waals surface area contributed by atoms with Gasteiger partial charge >= 0.3 is 6.18 Å². The predicted octanol–water partition coefficient (Wildman–Crippen LogP) is 5.85. The van der Waals surface area contributed by atoms with Gasteiger partial charge in [-0.2, -0.15) is 13.2 Å². The van der Waals surface area contributed by atoms with Gasteiger partial charge in [0.05, 0.1) is 30.1 Å². The van der Waals surface area contributed by atoms with E-state index in [1.807, 2.05) is 27.7 Å².